The van der Waals surface area contributed by atoms with Crippen LogP contribution >= 0.6 is 0 Å². The molecule has 0 aliphatic heterocycles. The number of aromatic nitrogens is 1. The van der Waals surface area contributed by atoms with E-state index in [9.17, 15) is 13.2 Å². The zero-order chi connectivity index (χ0) is 21.4. The number of nitrogens with zero attached hydrogens (tertiary/aromatic N) is 2. The van der Waals surface area contributed by atoms with E-state index in [0.717, 1.165) is 21.2 Å². The third kappa shape index (κ3) is 5.88. The van der Waals surface area contributed by atoms with Crippen LogP contribution in [0.1, 0.15) is 11.1 Å². The highest BCUT2D eigenvalue weighted by Crippen LogP contribution is 2.13. The Hall–Kier alpha value is -3.23. The van der Waals surface area contributed by atoms with Crippen LogP contribution < -0.4 is 10.1 Å². The Labute approximate surface area is 176 Å². The second-order valence-corrected chi connectivity index (χ2v) is 8.69. The summed E-state index contributed by atoms with van der Waals surface area (Å²) in [6.07, 6.45) is 2.75. The van der Waals surface area contributed by atoms with Crippen LogP contribution in [0.3, 0.4) is 0 Å². The number of likely N-dealkylation sites (N-methyl/N-ethyl adjacent to an activating group) is 1. The number of ether oxygens (including phenoxy) is 1. The van der Waals surface area contributed by atoms with E-state index in [2.05, 4.69) is 10.3 Å². The standard InChI is InChI=1S/C22H23N3O4S/c1-25(30(27,28)21-8-5-13-23-15-21)16-22(26)24-14-18-9-11-19(12-10-18)17-29-20-6-3-2-4-7-20/h2-13,15H,14,16-17H2,1H3,(H,24,26). The Morgan fingerprint density at radius 3 is 2.37 bits per heavy atom. The van der Waals surface area contributed by atoms with Crippen LogP contribution in [-0.4, -0.2) is 37.2 Å². The van der Waals surface area contributed by atoms with Crippen LogP contribution in [-0.2, 0) is 28.0 Å². The maximum atomic E-state index is 12.4. The first kappa shape index (κ1) is 21.5. The quantitative estimate of drug-likeness (QED) is 0.569. The third-order valence-electron chi connectivity index (χ3n) is 4.37. The molecule has 0 saturated heterocycles. The second-order valence-electron chi connectivity index (χ2n) is 6.64. The van der Waals surface area contributed by atoms with Crippen LogP contribution in [0.4, 0.5) is 0 Å². The minimum absolute atomic E-state index is 0.0496. The van der Waals surface area contributed by atoms with Crippen molar-refractivity contribution in [1.82, 2.24) is 14.6 Å². The van der Waals surface area contributed by atoms with Crippen molar-refractivity contribution in [3.8, 4) is 5.75 Å². The molecule has 7 nitrogen and oxygen atoms in total. The van der Waals surface area contributed by atoms with Crippen LogP contribution in [0, 0.1) is 0 Å². The van der Waals surface area contributed by atoms with Crippen molar-refractivity contribution < 1.29 is 17.9 Å². The van der Waals surface area contributed by atoms with Crippen molar-refractivity contribution in [3.63, 3.8) is 0 Å². The smallest absolute Gasteiger partial charge is 0.244 e. The summed E-state index contributed by atoms with van der Waals surface area (Å²) in [7, 11) is -2.39. The Bertz CT molecular complexity index is 1060. The first-order valence-electron chi connectivity index (χ1n) is 9.34. The molecule has 0 radical (unpaired) electrons. The van der Waals surface area contributed by atoms with Crippen LogP contribution in [0.25, 0.3) is 0 Å². The summed E-state index contributed by atoms with van der Waals surface area (Å²) in [5, 5.41) is 2.74. The zero-order valence-electron chi connectivity index (χ0n) is 16.6. The summed E-state index contributed by atoms with van der Waals surface area (Å²) in [5.74, 6) is 0.417. The average molecular weight is 426 g/mol. The highest BCUT2D eigenvalue weighted by Gasteiger charge is 2.22. The number of pyridine rings is 1. The van der Waals surface area contributed by atoms with E-state index in [-0.39, 0.29) is 17.3 Å². The maximum absolute atomic E-state index is 12.4. The number of benzene rings is 2. The molecule has 1 N–H and O–H groups in total. The van der Waals surface area contributed by atoms with E-state index in [1.807, 2.05) is 54.6 Å². The van der Waals surface area contributed by atoms with Gasteiger partial charge in [-0.05, 0) is 35.4 Å². The molecule has 30 heavy (non-hydrogen) atoms. The molecule has 0 spiro atoms. The first-order chi connectivity index (χ1) is 14.4. The molecule has 1 amide bonds. The largest absolute Gasteiger partial charge is 0.489 e. The topological polar surface area (TPSA) is 88.6 Å². The van der Waals surface area contributed by atoms with Gasteiger partial charge in [0.1, 0.15) is 17.3 Å². The highest BCUT2D eigenvalue weighted by molar-refractivity contribution is 7.89. The van der Waals surface area contributed by atoms with E-state index in [1.54, 1.807) is 0 Å². The number of sulfonamides is 1. The van der Waals surface area contributed by atoms with Gasteiger partial charge < -0.3 is 10.1 Å². The zero-order valence-corrected chi connectivity index (χ0v) is 17.4. The minimum Gasteiger partial charge on any atom is -0.489 e. The van der Waals surface area contributed by atoms with Gasteiger partial charge in [0.2, 0.25) is 15.9 Å². The molecule has 0 aliphatic rings. The van der Waals surface area contributed by atoms with Gasteiger partial charge >= 0.3 is 0 Å². The SMILES string of the molecule is CN(CC(=O)NCc1ccc(COc2ccccc2)cc1)S(=O)(=O)c1cccnc1. The van der Waals surface area contributed by atoms with Gasteiger partial charge in [0, 0.05) is 26.0 Å². The van der Waals surface area contributed by atoms with Gasteiger partial charge in [-0.2, -0.15) is 4.31 Å². The molecule has 0 unspecified atom stereocenters. The number of rotatable bonds is 9. The van der Waals surface area contributed by atoms with Crippen molar-refractivity contribution in [2.75, 3.05) is 13.6 Å². The van der Waals surface area contributed by atoms with Gasteiger partial charge in [-0.3, -0.25) is 9.78 Å². The lowest BCUT2D eigenvalue weighted by atomic mass is 10.1. The lowest BCUT2D eigenvalue weighted by molar-refractivity contribution is -0.121. The van der Waals surface area contributed by atoms with E-state index < -0.39 is 10.0 Å². The van der Waals surface area contributed by atoms with Crippen LogP contribution in [0.5, 0.6) is 5.75 Å². The summed E-state index contributed by atoms with van der Waals surface area (Å²) in [6, 6.07) is 20.2. The van der Waals surface area contributed by atoms with Crippen molar-refractivity contribution in [1.29, 1.82) is 0 Å². The molecule has 0 aliphatic carbocycles. The van der Waals surface area contributed by atoms with Crippen LogP contribution in [0.15, 0.2) is 84.0 Å². The molecule has 3 rings (SSSR count). The fourth-order valence-corrected chi connectivity index (χ4v) is 3.75. The predicted octanol–water partition coefficient (Wildman–Crippen LogP) is 2.60. The van der Waals surface area contributed by atoms with Crippen molar-refractivity contribution in [2.45, 2.75) is 18.0 Å². The highest BCUT2D eigenvalue weighted by atomic mass is 32.2. The number of hydrogen-bond donors (Lipinski definition) is 1. The van der Waals surface area contributed by atoms with Crippen LogP contribution in [0.2, 0.25) is 0 Å². The third-order valence-corrected chi connectivity index (χ3v) is 6.16. The minimum atomic E-state index is -3.76. The summed E-state index contributed by atoms with van der Waals surface area (Å²) in [5.41, 5.74) is 1.92. The summed E-state index contributed by atoms with van der Waals surface area (Å²) in [6.45, 7) is 0.479. The Morgan fingerprint density at radius 1 is 1.00 bits per heavy atom. The number of carbonyl (C=O) groups is 1. The molecular formula is C22H23N3O4S. The van der Waals surface area contributed by atoms with Gasteiger partial charge in [-0.15, -0.1) is 0 Å². The van der Waals surface area contributed by atoms with Gasteiger partial charge in [-0.25, -0.2) is 8.42 Å². The monoisotopic (exact) mass is 425 g/mol. The van der Waals surface area contributed by atoms with Crippen molar-refractivity contribution in [2.24, 2.45) is 0 Å². The lowest BCUT2D eigenvalue weighted by Gasteiger charge is -2.16. The van der Waals surface area contributed by atoms with E-state index >= 15 is 0 Å². The molecule has 2 aromatic carbocycles. The Balaban J connectivity index is 1.47. The molecule has 0 bridgehead atoms. The fraction of sp³-hybridized carbons (Fsp3) is 0.182. The fourth-order valence-electron chi connectivity index (χ4n) is 2.66. The molecule has 0 saturated carbocycles. The number of nitrogens with one attached hydrogen (secondary N) is 1. The number of amides is 1. The van der Waals surface area contributed by atoms with Gasteiger partial charge in [0.25, 0.3) is 0 Å². The molecule has 1 heterocycles. The molecular weight excluding hydrogens is 402 g/mol. The Morgan fingerprint density at radius 2 is 1.70 bits per heavy atom. The number of carbonyl (C=O) groups excluding carboxylic acids is 1. The summed E-state index contributed by atoms with van der Waals surface area (Å²) >= 11 is 0. The molecule has 0 fully saturated rings. The van der Waals surface area contributed by atoms with E-state index in [0.29, 0.717) is 13.2 Å². The normalized spacial score (nSPS) is 11.3. The van der Waals surface area contributed by atoms with Gasteiger partial charge in [0.15, 0.2) is 0 Å². The maximum Gasteiger partial charge on any atom is 0.244 e. The Kier molecular flexibility index (Phi) is 7.16. The number of para-hydroxylation sites is 1. The number of hydrogen-bond acceptors (Lipinski definition) is 5. The van der Waals surface area contributed by atoms with E-state index in [1.165, 1.54) is 31.6 Å². The molecule has 8 heteroatoms. The predicted molar refractivity (Wildman–Crippen MR) is 113 cm³/mol. The second kappa shape index (κ2) is 10.00. The summed E-state index contributed by atoms with van der Waals surface area (Å²) in [4.78, 5) is 16.0. The van der Waals surface area contributed by atoms with Crippen molar-refractivity contribution >= 4 is 15.9 Å². The van der Waals surface area contributed by atoms with Gasteiger partial charge in [0.05, 0.1) is 6.54 Å². The average Bonchev–Trinajstić information content (AvgIpc) is 2.78. The lowest BCUT2D eigenvalue weighted by Crippen LogP contribution is -2.38. The molecule has 1 aromatic heterocycles. The van der Waals surface area contributed by atoms with Gasteiger partial charge in [-0.1, -0.05) is 42.5 Å². The molecule has 156 valence electrons. The van der Waals surface area contributed by atoms with E-state index in [4.69, 9.17) is 4.74 Å². The molecule has 0 atom stereocenters. The molecule has 3 aromatic rings. The first-order valence-corrected chi connectivity index (χ1v) is 10.8. The van der Waals surface area contributed by atoms with Crippen molar-refractivity contribution in [3.05, 3.63) is 90.3 Å². The summed E-state index contributed by atoms with van der Waals surface area (Å²) < 4.78 is 31.6.